The Bertz CT molecular complexity index is 321. The molecule has 2 heterocycles. The van der Waals surface area contributed by atoms with Crippen molar-refractivity contribution in [3.05, 3.63) is 24.2 Å². The first-order valence-corrected chi connectivity index (χ1v) is 6.00. The van der Waals surface area contributed by atoms with Gasteiger partial charge in [0.15, 0.2) is 0 Å². The van der Waals surface area contributed by atoms with E-state index in [9.17, 15) is 0 Å². The van der Waals surface area contributed by atoms with E-state index in [2.05, 4.69) is 26.1 Å². The van der Waals surface area contributed by atoms with E-state index < -0.39 is 0 Å². The normalized spacial score (nSPS) is 30.9. The van der Waals surface area contributed by atoms with Gasteiger partial charge in [-0.1, -0.05) is 13.8 Å². The molecule has 0 aliphatic carbocycles. The molecule has 1 fully saturated rings. The van der Waals surface area contributed by atoms with E-state index in [-0.39, 0.29) is 11.7 Å². The summed E-state index contributed by atoms with van der Waals surface area (Å²) < 4.78 is 11.3. The fourth-order valence-electron chi connectivity index (χ4n) is 2.52. The average Bonchev–Trinajstić information content (AvgIpc) is 2.68. The Balaban J connectivity index is 2.04. The van der Waals surface area contributed by atoms with Crippen molar-refractivity contribution in [2.24, 2.45) is 5.92 Å². The molecule has 2 unspecified atom stereocenters. The van der Waals surface area contributed by atoms with Gasteiger partial charge in [-0.2, -0.15) is 0 Å². The van der Waals surface area contributed by atoms with Crippen LogP contribution in [0.1, 0.15) is 38.9 Å². The van der Waals surface area contributed by atoms with Gasteiger partial charge in [0.2, 0.25) is 0 Å². The lowest BCUT2D eigenvalue weighted by molar-refractivity contribution is -0.117. The Morgan fingerprint density at radius 1 is 1.56 bits per heavy atom. The first-order chi connectivity index (χ1) is 7.59. The molecule has 2 atom stereocenters. The van der Waals surface area contributed by atoms with Crippen LogP contribution in [0.2, 0.25) is 0 Å². The van der Waals surface area contributed by atoms with Crippen molar-refractivity contribution in [2.75, 3.05) is 13.1 Å². The topological polar surface area (TPSA) is 34.4 Å². The Labute approximate surface area is 97.2 Å². The molecule has 90 valence electrons. The first kappa shape index (κ1) is 11.7. The molecule has 1 aromatic rings. The van der Waals surface area contributed by atoms with E-state index in [0.29, 0.717) is 5.92 Å². The second-order valence-corrected chi connectivity index (χ2v) is 5.34. The van der Waals surface area contributed by atoms with Crippen molar-refractivity contribution in [3.63, 3.8) is 0 Å². The zero-order chi connectivity index (χ0) is 11.6. The molecular weight excluding hydrogens is 202 g/mol. The Morgan fingerprint density at radius 2 is 2.38 bits per heavy atom. The minimum absolute atomic E-state index is 0.0612. The highest BCUT2D eigenvalue weighted by Crippen LogP contribution is 2.31. The molecule has 0 saturated carbocycles. The van der Waals surface area contributed by atoms with E-state index in [4.69, 9.17) is 9.15 Å². The highest BCUT2D eigenvalue weighted by Gasteiger charge is 2.34. The number of furan rings is 1. The summed E-state index contributed by atoms with van der Waals surface area (Å²) in [6.45, 7) is 8.45. The standard InChI is InChI=1S/C13H21NO2/c1-10(2)6-13(3)9-14-7-12(16-13)11-4-5-15-8-11/h4-5,8,10,12,14H,6-7,9H2,1-3H3. The minimum atomic E-state index is -0.0612. The Kier molecular flexibility index (Phi) is 3.36. The lowest BCUT2D eigenvalue weighted by atomic mass is 9.92. The number of hydrogen-bond donors (Lipinski definition) is 1. The van der Waals surface area contributed by atoms with Crippen molar-refractivity contribution >= 4 is 0 Å². The lowest BCUT2D eigenvalue weighted by Crippen LogP contribution is -2.49. The maximum Gasteiger partial charge on any atom is 0.0988 e. The van der Waals surface area contributed by atoms with Gasteiger partial charge in [0, 0.05) is 18.7 Å². The molecule has 0 bridgehead atoms. The summed E-state index contributed by atoms with van der Waals surface area (Å²) in [5.41, 5.74) is 1.07. The third-order valence-electron chi connectivity index (χ3n) is 3.01. The van der Waals surface area contributed by atoms with Crippen molar-refractivity contribution in [1.29, 1.82) is 0 Å². The maximum absolute atomic E-state index is 6.21. The highest BCUT2D eigenvalue weighted by atomic mass is 16.5. The number of rotatable bonds is 3. The maximum atomic E-state index is 6.21. The van der Waals surface area contributed by atoms with Crippen molar-refractivity contribution < 1.29 is 9.15 Å². The van der Waals surface area contributed by atoms with E-state index >= 15 is 0 Å². The number of nitrogens with one attached hydrogen (secondary N) is 1. The summed E-state index contributed by atoms with van der Waals surface area (Å²) >= 11 is 0. The average molecular weight is 223 g/mol. The Morgan fingerprint density at radius 3 is 3.00 bits per heavy atom. The third kappa shape index (κ3) is 2.66. The molecule has 2 rings (SSSR count). The van der Waals surface area contributed by atoms with Crippen LogP contribution in [0.3, 0.4) is 0 Å². The summed E-state index contributed by atoms with van der Waals surface area (Å²) in [6.07, 6.45) is 4.67. The molecular formula is C13H21NO2. The molecule has 0 aromatic carbocycles. The minimum Gasteiger partial charge on any atom is -0.472 e. The molecule has 0 radical (unpaired) electrons. The van der Waals surface area contributed by atoms with Gasteiger partial charge in [-0.05, 0) is 25.3 Å². The van der Waals surface area contributed by atoms with Crippen LogP contribution in [0, 0.1) is 5.92 Å². The predicted octanol–water partition coefficient (Wildman–Crippen LogP) is 2.75. The largest absolute Gasteiger partial charge is 0.472 e. The lowest BCUT2D eigenvalue weighted by Gasteiger charge is -2.40. The number of ether oxygens (including phenoxy) is 1. The van der Waals surface area contributed by atoms with Gasteiger partial charge < -0.3 is 14.5 Å². The fraction of sp³-hybridized carbons (Fsp3) is 0.692. The molecule has 0 spiro atoms. The molecule has 0 amide bonds. The van der Waals surface area contributed by atoms with Gasteiger partial charge in [-0.15, -0.1) is 0 Å². The molecule has 1 aromatic heterocycles. The predicted molar refractivity (Wildman–Crippen MR) is 63.3 cm³/mol. The third-order valence-corrected chi connectivity index (χ3v) is 3.01. The van der Waals surface area contributed by atoms with Crippen LogP contribution >= 0.6 is 0 Å². The molecule has 3 heteroatoms. The van der Waals surface area contributed by atoms with Gasteiger partial charge in [0.1, 0.15) is 0 Å². The second kappa shape index (κ2) is 4.60. The zero-order valence-corrected chi connectivity index (χ0v) is 10.3. The van der Waals surface area contributed by atoms with E-state index in [1.165, 1.54) is 0 Å². The van der Waals surface area contributed by atoms with E-state index in [0.717, 1.165) is 25.1 Å². The van der Waals surface area contributed by atoms with E-state index in [1.54, 1.807) is 12.5 Å². The molecule has 3 nitrogen and oxygen atoms in total. The summed E-state index contributed by atoms with van der Waals surface area (Å²) in [5.74, 6) is 0.648. The van der Waals surface area contributed by atoms with Gasteiger partial charge >= 0.3 is 0 Å². The van der Waals surface area contributed by atoms with Crippen LogP contribution in [0.4, 0.5) is 0 Å². The first-order valence-electron chi connectivity index (χ1n) is 6.00. The molecule has 1 aliphatic heterocycles. The fourth-order valence-corrected chi connectivity index (χ4v) is 2.52. The molecule has 1 saturated heterocycles. The second-order valence-electron chi connectivity index (χ2n) is 5.34. The van der Waals surface area contributed by atoms with Crippen molar-refractivity contribution in [1.82, 2.24) is 5.32 Å². The summed E-state index contributed by atoms with van der Waals surface area (Å²) in [5, 5.41) is 3.45. The van der Waals surface area contributed by atoms with Crippen LogP contribution in [-0.4, -0.2) is 18.7 Å². The van der Waals surface area contributed by atoms with Crippen LogP contribution in [-0.2, 0) is 4.74 Å². The summed E-state index contributed by atoms with van der Waals surface area (Å²) in [4.78, 5) is 0. The summed E-state index contributed by atoms with van der Waals surface area (Å²) in [7, 11) is 0. The van der Waals surface area contributed by atoms with Gasteiger partial charge in [0.05, 0.1) is 24.2 Å². The molecule has 1 N–H and O–H groups in total. The van der Waals surface area contributed by atoms with Crippen molar-refractivity contribution in [3.8, 4) is 0 Å². The number of morpholine rings is 1. The van der Waals surface area contributed by atoms with Crippen LogP contribution in [0.5, 0.6) is 0 Å². The quantitative estimate of drug-likeness (QED) is 0.855. The van der Waals surface area contributed by atoms with Gasteiger partial charge in [-0.3, -0.25) is 0 Å². The van der Waals surface area contributed by atoms with Crippen LogP contribution < -0.4 is 5.32 Å². The van der Waals surface area contributed by atoms with Gasteiger partial charge in [-0.25, -0.2) is 0 Å². The monoisotopic (exact) mass is 223 g/mol. The van der Waals surface area contributed by atoms with Crippen LogP contribution in [0.25, 0.3) is 0 Å². The SMILES string of the molecule is CC(C)CC1(C)CNCC(c2ccoc2)O1. The number of hydrogen-bond acceptors (Lipinski definition) is 3. The zero-order valence-electron chi connectivity index (χ0n) is 10.3. The highest BCUT2D eigenvalue weighted by molar-refractivity contribution is 5.11. The van der Waals surface area contributed by atoms with E-state index in [1.807, 2.05) is 6.07 Å². The van der Waals surface area contributed by atoms with Gasteiger partial charge in [0.25, 0.3) is 0 Å². The Hall–Kier alpha value is -0.800. The van der Waals surface area contributed by atoms with Crippen molar-refractivity contribution in [2.45, 2.75) is 38.9 Å². The van der Waals surface area contributed by atoms with Crippen LogP contribution in [0.15, 0.2) is 23.0 Å². The summed E-state index contributed by atoms with van der Waals surface area (Å²) in [6, 6.07) is 1.98. The molecule has 16 heavy (non-hydrogen) atoms. The molecule has 1 aliphatic rings. The smallest absolute Gasteiger partial charge is 0.0988 e.